The molecule has 1 fully saturated rings. The van der Waals surface area contributed by atoms with Gasteiger partial charge in [-0.05, 0) is 37.0 Å². The van der Waals surface area contributed by atoms with E-state index in [4.69, 9.17) is 0 Å². The lowest BCUT2D eigenvalue weighted by Gasteiger charge is -2.34. The molecular formula is C17H23NO5S. The second-order valence-electron chi connectivity index (χ2n) is 6.35. The normalized spacial score (nSPS) is 17.2. The van der Waals surface area contributed by atoms with Gasteiger partial charge in [-0.1, -0.05) is 32.3 Å². The molecule has 0 spiro atoms. The smallest absolute Gasteiger partial charge is 0.329 e. The minimum Gasteiger partial charge on any atom is -0.480 e. The summed E-state index contributed by atoms with van der Waals surface area (Å²) in [5, 5.41) is 12.3. The average molecular weight is 353 g/mol. The molecule has 0 bridgehead atoms. The third-order valence-electron chi connectivity index (χ3n) is 4.60. The first-order valence-electron chi connectivity index (χ1n) is 8.08. The van der Waals surface area contributed by atoms with Gasteiger partial charge < -0.3 is 10.4 Å². The minimum atomic E-state index is -3.44. The number of nitrogens with one attached hydrogen (secondary N) is 1. The predicted octanol–water partition coefficient (Wildman–Crippen LogP) is 2.17. The monoisotopic (exact) mass is 353 g/mol. The number of hydrogen-bond acceptors (Lipinski definition) is 4. The van der Waals surface area contributed by atoms with Crippen molar-refractivity contribution in [1.82, 2.24) is 5.32 Å². The Bertz CT molecular complexity index is 748. The van der Waals surface area contributed by atoms with Gasteiger partial charge in [0.1, 0.15) is 5.54 Å². The van der Waals surface area contributed by atoms with Crippen molar-refractivity contribution in [3.05, 3.63) is 29.3 Å². The van der Waals surface area contributed by atoms with E-state index in [1.54, 1.807) is 6.07 Å². The number of rotatable bonds is 5. The Labute approximate surface area is 142 Å². The summed E-state index contributed by atoms with van der Waals surface area (Å²) in [5.74, 6) is -1.56. The number of amides is 1. The van der Waals surface area contributed by atoms with Crippen LogP contribution in [0.2, 0.25) is 0 Å². The zero-order valence-corrected chi connectivity index (χ0v) is 14.8. The van der Waals surface area contributed by atoms with Gasteiger partial charge in [0, 0.05) is 11.8 Å². The van der Waals surface area contributed by atoms with Crippen molar-refractivity contribution >= 4 is 21.7 Å². The van der Waals surface area contributed by atoms with Crippen LogP contribution in [0.4, 0.5) is 0 Å². The van der Waals surface area contributed by atoms with Crippen LogP contribution in [0, 0.1) is 0 Å². The molecule has 6 nitrogen and oxygen atoms in total. The lowest BCUT2D eigenvalue weighted by atomic mass is 9.81. The van der Waals surface area contributed by atoms with Gasteiger partial charge in [0.05, 0.1) is 4.90 Å². The molecule has 1 aromatic carbocycles. The van der Waals surface area contributed by atoms with E-state index in [0.717, 1.165) is 25.5 Å². The highest BCUT2D eigenvalue weighted by Gasteiger charge is 2.41. The summed E-state index contributed by atoms with van der Waals surface area (Å²) in [6, 6.07) is 4.42. The van der Waals surface area contributed by atoms with E-state index in [-0.39, 0.29) is 10.5 Å². The Morgan fingerprint density at radius 3 is 2.33 bits per heavy atom. The number of aliphatic carboxylic acids is 1. The van der Waals surface area contributed by atoms with Crippen LogP contribution in [0.3, 0.4) is 0 Å². The average Bonchev–Trinajstić information content (AvgIpc) is 2.54. The lowest BCUT2D eigenvalue weighted by molar-refractivity contribution is -0.145. The Kier molecular flexibility index (Phi) is 5.32. The molecule has 0 radical (unpaired) electrons. The van der Waals surface area contributed by atoms with Crippen molar-refractivity contribution in [2.75, 3.05) is 6.26 Å². The van der Waals surface area contributed by atoms with Gasteiger partial charge in [-0.15, -0.1) is 0 Å². The predicted molar refractivity (Wildman–Crippen MR) is 89.8 cm³/mol. The Morgan fingerprint density at radius 1 is 1.21 bits per heavy atom. The number of benzene rings is 1. The topological polar surface area (TPSA) is 101 Å². The third kappa shape index (κ3) is 3.77. The van der Waals surface area contributed by atoms with Gasteiger partial charge in [0.15, 0.2) is 9.84 Å². The van der Waals surface area contributed by atoms with Crippen molar-refractivity contribution < 1.29 is 23.1 Å². The summed E-state index contributed by atoms with van der Waals surface area (Å²) >= 11 is 0. The van der Waals surface area contributed by atoms with Crippen molar-refractivity contribution in [3.63, 3.8) is 0 Å². The number of hydrogen-bond donors (Lipinski definition) is 2. The van der Waals surface area contributed by atoms with Gasteiger partial charge in [0.25, 0.3) is 5.91 Å². The summed E-state index contributed by atoms with van der Waals surface area (Å²) < 4.78 is 23.5. The fraction of sp³-hybridized carbons (Fsp3) is 0.529. The molecule has 1 amide bonds. The largest absolute Gasteiger partial charge is 0.480 e. The quantitative estimate of drug-likeness (QED) is 0.845. The standard InChI is InChI=1S/C17H23NO5S/c1-3-12-7-8-13(24(2,22)23)11-14(12)15(19)18-17(16(20)21)9-5-4-6-10-17/h7-8,11H,3-6,9-10H2,1-2H3,(H,18,19)(H,20,21). The molecule has 0 unspecified atom stereocenters. The van der Waals surface area contributed by atoms with Gasteiger partial charge >= 0.3 is 5.97 Å². The summed E-state index contributed by atoms with van der Waals surface area (Å²) in [6.07, 6.45) is 4.85. The number of carboxylic acid groups (broad SMARTS) is 1. The molecule has 0 saturated heterocycles. The summed E-state index contributed by atoms with van der Waals surface area (Å²) in [4.78, 5) is 24.5. The second-order valence-corrected chi connectivity index (χ2v) is 8.36. The fourth-order valence-corrected chi connectivity index (χ4v) is 3.79. The van der Waals surface area contributed by atoms with Crippen LogP contribution in [-0.2, 0) is 21.1 Å². The van der Waals surface area contributed by atoms with E-state index in [2.05, 4.69) is 5.32 Å². The lowest BCUT2D eigenvalue weighted by Crippen LogP contribution is -2.55. The minimum absolute atomic E-state index is 0.0536. The highest BCUT2D eigenvalue weighted by atomic mass is 32.2. The molecule has 1 aliphatic carbocycles. The first-order valence-corrected chi connectivity index (χ1v) is 9.97. The third-order valence-corrected chi connectivity index (χ3v) is 5.71. The van der Waals surface area contributed by atoms with Crippen LogP contribution in [0.15, 0.2) is 23.1 Å². The van der Waals surface area contributed by atoms with Gasteiger partial charge in [-0.3, -0.25) is 4.79 Å². The molecule has 2 N–H and O–H groups in total. The molecule has 1 saturated carbocycles. The number of sulfone groups is 1. The van der Waals surface area contributed by atoms with Crippen molar-refractivity contribution in [2.45, 2.75) is 55.9 Å². The van der Waals surface area contributed by atoms with Crippen molar-refractivity contribution in [1.29, 1.82) is 0 Å². The number of aryl methyl sites for hydroxylation is 1. The molecule has 0 aromatic heterocycles. The van der Waals surface area contributed by atoms with Crippen LogP contribution < -0.4 is 5.32 Å². The van der Waals surface area contributed by atoms with Gasteiger partial charge in [-0.2, -0.15) is 0 Å². The van der Waals surface area contributed by atoms with E-state index >= 15 is 0 Å². The fourth-order valence-electron chi connectivity index (χ4n) is 3.14. The summed E-state index contributed by atoms with van der Waals surface area (Å²) in [6.45, 7) is 1.86. The van der Waals surface area contributed by atoms with Gasteiger partial charge in [0.2, 0.25) is 0 Å². The molecule has 0 heterocycles. The van der Waals surface area contributed by atoms with Crippen molar-refractivity contribution in [2.24, 2.45) is 0 Å². The zero-order valence-electron chi connectivity index (χ0n) is 14.0. The van der Waals surface area contributed by atoms with Gasteiger partial charge in [-0.25, -0.2) is 13.2 Å². The maximum Gasteiger partial charge on any atom is 0.329 e. The van der Waals surface area contributed by atoms with Crippen molar-refractivity contribution in [3.8, 4) is 0 Å². The molecule has 0 aliphatic heterocycles. The highest BCUT2D eigenvalue weighted by Crippen LogP contribution is 2.29. The molecule has 24 heavy (non-hydrogen) atoms. The van der Waals surface area contributed by atoms with E-state index in [1.807, 2.05) is 6.92 Å². The molecule has 7 heteroatoms. The molecule has 1 aromatic rings. The molecular weight excluding hydrogens is 330 g/mol. The molecule has 2 rings (SSSR count). The van der Waals surface area contributed by atoms with E-state index in [1.165, 1.54) is 12.1 Å². The maximum absolute atomic E-state index is 12.7. The van der Waals surface area contributed by atoms with Crippen LogP contribution in [0.5, 0.6) is 0 Å². The van der Waals surface area contributed by atoms with Crippen LogP contribution in [-0.4, -0.2) is 37.2 Å². The molecule has 0 atom stereocenters. The maximum atomic E-state index is 12.7. The van der Waals surface area contributed by atoms with Crippen LogP contribution >= 0.6 is 0 Å². The van der Waals surface area contributed by atoms with E-state index in [9.17, 15) is 23.1 Å². The van der Waals surface area contributed by atoms with Crippen LogP contribution in [0.25, 0.3) is 0 Å². The Hall–Kier alpha value is -1.89. The number of carboxylic acids is 1. The van der Waals surface area contributed by atoms with Crippen LogP contribution in [0.1, 0.15) is 54.9 Å². The number of carbonyl (C=O) groups excluding carboxylic acids is 1. The first-order chi connectivity index (χ1) is 11.2. The molecule has 132 valence electrons. The Balaban J connectivity index is 2.39. The number of carbonyl (C=O) groups is 2. The van der Waals surface area contributed by atoms with E-state index < -0.39 is 27.3 Å². The SMILES string of the molecule is CCc1ccc(S(C)(=O)=O)cc1C(=O)NC1(C(=O)O)CCCCC1. The highest BCUT2D eigenvalue weighted by molar-refractivity contribution is 7.90. The first kappa shape index (κ1) is 18.4. The Morgan fingerprint density at radius 2 is 1.83 bits per heavy atom. The molecule has 1 aliphatic rings. The van der Waals surface area contributed by atoms with E-state index in [0.29, 0.717) is 24.8 Å². The second kappa shape index (κ2) is 6.93. The summed E-state index contributed by atoms with van der Waals surface area (Å²) in [7, 11) is -3.44. The summed E-state index contributed by atoms with van der Waals surface area (Å²) in [5.41, 5.74) is -0.343. The zero-order chi connectivity index (χ0) is 18.0.